The summed E-state index contributed by atoms with van der Waals surface area (Å²) in [7, 11) is 1.87. The normalized spacial score (nSPS) is 10.9. The first kappa shape index (κ1) is 9.77. The lowest BCUT2D eigenvalue weighted by Gasteiger charge is -1.96. The molecule has 0 saturated carbocycles. The lowest BCUT2D eigenvalue weighted by Crippen LogP contribution is -1.92. The number of nitrogen functional groups attached to an aromatic ring is 1. The van der Waals surface area contributed by atoms with Crippen molar-refractivity contribution >= 4 is 16.7 Å². The van der Waals surface area contributed by atoms with Crippen molar-refractivity contribution in [3.05, 3.63) is 36.8 Å². The maximum Gasteiger partial charge on any atom is 0.158 e. The first-order chi connectivity index (χ1) is 8.25. The molecule has 0 unspecified atom stereocenters. The van der Waals surface area contributed by atoms with Crippen LogP contribution in [0.5, 0.6) is 0 Å². The Bertz CT molecular complexity index is 672. The van der Waals surface area contributed by atoms with Crippen LogP contribution in [0.15, 0.2) is 36.8 Å². The van der Waals surface area contributed by atoms with E-state index in [0.717, 1.165) is 22.3 Å². The summed E-state index contributed by atoms with van der Waals surface area (Å²) in [4.78, 5) is 8.38. The van der Waals surface area contributed by atoms with Crippen LogP contribution in [-0.4, -0.2) is 19.7 Å². The third-order valence-corrected chi connectivity index (χ3v) is 2.63. The minimum absolute atomic E-state index is 0.635. The fourth-order valence-electron chi connectivity index (χ4n) is 1.87. The molecule has 0 bridgehead atoms. The van der Waals surface area contributed by atoms with Gasteiger partial charge in [-0.3, -0.25) is 4.98 Å². The SMILES string of the molecule is Cn1nc(-c2cccnc2)c2cc(N)cnc21. The molecule has 0 amide bonds. The lowest BCUT2D eigenvalue weighted by molar-refractivity contribution is 0.789. The molecule has 0 saturated heterocycles. The van der Waals surface area contributed by atoms with Gasteiger partial charge in [-0.25, -0.2) is 9.67 Å². The van der Waals surface area contributed by atoms with Crippen molar-refractivity contribution in [1.29, 1.82) is 0 Å². The molecule has 0 aliphatic carbocycles. The van der Waals surface area contributed by atoms with Crippen molar-refractivity contribution in [1.82, 2.24) is 19.7 Å². The van der Waals surface area contributed by atoms with Crippen LogP contribution in [0.2, 0.25) is 0 Å². The average molecular weight is 225 g/mol. The van der Waals surface area contributed by atoms with Gasteiger partial charge in [-0.05, 0) is 18.2 Å². The van der Waals surface area contributed by atoms with Gasteiger partial charge in [0, 0.05) is 30.4 Å². The Labute approximate surface area is 97.9 Å². The fraction of sp³-hybridized carbons (Fsp3) is 0.0833. The molecule has 2 N–H and O–H groups in total. The first-order valence-electron chi connectivity index (χ1n) is 5.24. The first-order valence-corrected chi connectivity index (χ1v) is 5.24. The van der Waals surface area contributed by atoms with Gasteiger partial charge in [-0.2, -0.15) is 5.10 Å². The Balaban J connectivity index is 2.34. The molecule has 3 rings (SSSR count). The summed E-state index contributed by atoms with van der Waals surface area (Å²) in [5.74, 6) is 0. The number of nitrogens with zero attached hydrogens (tertiary/aromatic N) is 4. The van der Waals surface area contributed by atoms with Gasteiger partial charge in [-0.1, -0.05) is 0 Å². The Morgan fingerprint density at radius 3 is 2.94 bits per heavy atom. The molecule has 0 fully saturated rings. The second kappa shape index (κ2) is 3.55. The monoisotopic (exact) mass is 225 g/mol. The molecular formula is C12H11N5. The minimum Gasteiger partial charge on any atom is -0.397 e. The van der Waals surface area contributed by atoms with E-state index in [1.165, 1.54) is 0 Å². The van der Waals surface area contributed by atoms with Gasteiger partial charge < -0.3 is 5.73 Å². The molecule has 0 aliphatic heterocycles. The number of hydrogen-bond acceptors (Lipinski definition) is 4. The number of rotatable bonds is 1. The number of fused-ring (bicyclic) bond motifs is 1. The molecule has 0 atom stereocenters. The van der Waals surface area contributed by atoms with Gasteiger partial charge in [0.2, 0.25) is 0 Å². The maximum atomic E-state index is 5.76. The quantitative estimate of drug-likeness (QED) is 0.683. The molecule has 5 nitrogen and oxygen atoms in total. The number of aryl methyl sites for hydroxylation is 1. The van der Waals surface area contributed by atoms with Crippen molar-refractivity contribution in [2.75, 3.05) is 5.73 Å². The fourth-order valence-corrected chi connectivity index (χ4v) is 1.87. The molecule has 3 aromatic heterocycles. The summed E-state index contributed by atoms with van der Waals surface area (Å²) < 4.78 is 1.75. The van der Waals surface area contributed by atoms with Crippen molar-refractivity contribution in [3.63, 3.8) is 0 Å². The Hall–Kier alpha value is -2.43. The molecule has 5 heteroatoms. The summed E-state index contributed by atoms with van der Waals surface area (Å²) in [5.41, 5.74) is 9.04. The van der Waals surface area contributed by atoms with Gasteiger partial charge in [-0.15, -0.1) is 0 Å². The summed E-state index contributed by atoms with van der Waals surface area (Å²) in [6.45, 7) is 0. The highest BCUT2D eigenvalue weighted by Crippen LogP contribution is 2.26. The predicted octanol–water partition coefficient (Wildman–Crippen LogP) is 1.61. The van der Waals surface area contributed by atoms with Gasteiger partial charge >= 0.3 is 0 Å². The molecule has 84 valence electrons. The molecule has 0 radical (unpaired) electrons. The van der Waals surface area contributed by atoms with E-state index in [2.05, 4.69) is 15.1 Å². The predicted molar refractivity (Wildman–Crippen MR) is 66.2 cm³/mol. The van der Waals surface area contributed by atoms with Crippen LogP contribution in [0.4, 0.5) is 5.69 Å². The third-order valence-electron chi connectivity index (χ3n) is 2.63. The van der Waals surface area contributed by atoms with Crippen LogP contribution < -0.4 is 5.73 Å². The Morgan fingerprint density at radius 1 is 1.29 bits per heavy atom. The van der Waals surface area contributed by atoms with Crippen molar-refractivity contribution in [2.45, 2.75) is 0 Å². The number of pyridine rings is 2. The lowest BCUT2D eigenvalue weighted by atomic mass is 10.1. The number of anilines is 1. The molecule has 17 heavy (non-hydrogen) atoms. The summed E-state index contributed by atoms with van der Waals surface area (Å²) in [6, 6.07) is 5.74. The van der Waals surface area contributed by atoms with Crippen molar-refractivity contribution < 1.29 is 0 Å². The van der Waals surface area contributed by atoms with Crippen molar-refractivity contribution in [2.24, 2.45) is 7.05 Å². The molecule has 0 aliphatic rings. The zero-order chi connectivity index (χ0) is 11.8. The highest BCUT2D eigenvalue weighted by atomic mass is 15.3. The molecule has 3 heterocycles. The van der Waals surface area contributed by atoms with Crippen LogP contribution >= 0.6 is 0 Å². The van der Waals surface area contributed by atoms with E-state index in [-0.39, 0.29) is 0 Å². The zero-order valence-corrected chi connectivity index (χ0v) is 9.33. The second-order valence-electron chi connectivity index (χ2n) is 3.85. The van der Waals surface area contributed by atoms with Gasteiger partial charge in [0.1, 0.15) is 5.69 Å². The Morgan fingerprint density at radius 2 is 2.18 bits per heavy atom. The topological polar surface area (TPSA) is 69.6 Å². The standard InChI is InChI=1S/C12H11N5/c1-17-12-10(5-9(13)7-15-12)11(16-17)8-3-2-4-14-6-8/h2-7H,13H2,1H3. The zero-order valence-electron chi connectivity index (χ0n) is 9.33. The second-order valence-corrected chi connectivity index (χ2v) is 3.85. The highest BCUT2D eigenvalue weighted by molar-refractivity contribution is 5.92. The summed E-state index contributed by atoms with van der Waals surface area (Å²) >= 11 is 0. The van der Waals surface area contributed by atoms with E-state index < -0.39 is 0 Å². The molecular weight excluding hydrogens is 214 g/mol. The highest BCUT2D eigenvalue weighted by Gasteiger charge is 2.11. The smallest absolute Gasteiger partial charge is 0.158 e. The van der Waals surface area contributed by atoms with Gasteiger partial charge in [0.25, 0.3) is 0 Å². The molecule has 0 spiro atoms. The van der Waals surface area contributed by atoms with E-state index in [1.807, 2.05) is 25.2 Å². The molecule has 0 aromatic carbocycles. The number of nitrogens with two attached hydrogens (primary N) is 1. The van der Waals surface area contributed by atoms with E-state index in [0.29, 0.717) is 5.69 Å². The Kier molecular flexibility index (Phi) is 2.04. The minimum atomic E-state index is 0.635. The van der Waals surface area contributed by atoms with Crippen molar-refractivity contribution in [3.8, 4) is 11.3 Å². The average Bonchev–Trinajstić information content (AvgIpc) is 2.67. The van der Waals surface area contributed by atoms with Crippen LogP contribution in [0, 0.1) is 0 Å². The van der Waals surface area contributed by atoms with Crippen LogP contribution in [0.25, 0.3) is 22.3 Å². The summed E-state index contributed by atoms with van der Waals surface area (Å²) in [5, 5.41) is 5.40. The molecule has 3 aromatic rings. The third kappa shape index (κ3) is 1.52. The number of hydrogen-bond donors (Lipinski definition) is 1. The maximum absolute atomic E-state index is 5.76. The van der Waals surface area contributed by atoms with Gasteiger partial charge in [0.15, 0.2) is 5.65 Å². The van der Waals surface area contributed by atoms with E-state index in [1.54, 1.807) is 23.3 Å². The van der Waals surface area contributed by atoms with E-state index in [9.17, 15) is 0 Å². The van der Waals surface area contributed by atoms with Crippen LogP contribution in [-0.2, 0) is 7.05 Å². The largest absolute Gasteiger partial charge is 0.397 e. The van der Waals surface area contributed by atoms with Crippen LogP contribution in [0.1, 0.15) is 0 Å². The summed E-state index contributed by atoms with van der Waals surface area (Å²) in [6.07, 6.45) is 5.16. The van der Waals surface area contributed by atoms with Gasteiger partial charge in [0.05, 0.1) is 11.9 Å². The van der Waals surface area contributed by atoms with Crippen LogP contribution in [0.3, 0.4) is 0 Å². The number of aromatic nitrogens is 4. The van der Waals surface area contributed by atoms with E-state index in [4.69, 9.17) is 5.73 Å². The van der Waals surface area contributed by atoms with E-state index >= 15 is 0 Å².